The quantitative estimate of drug-likeness (QED) is 0.630. The van der Waals surface area contributed by atoms with E-state index in [-0.39, 0.29) is 12.0 Å². The third kappa shape index (κ3) is 2.71. The third-order valence-corrected chi connectivity index (χ3v) is 4.58. The molecule has 0 amide bonds. The van der Waals surface area contributed by atoms with Crippen molar-refractivity contribution in [2.75, 3.05) is 6.61 Å². The van der Waals surface area contributed by atoms with Crippen molar-refractivity contribution in [3.05, 3.63) is 70.9 Å². The van der Waals surface area contributed by atoms with Crippen molar-refractivity contribution in [2.24, 2.45) is 0 Å². The Morgan fingerprint density at radius 3 is 2.42 bits per heavy atom. The van der Waals surface area contributed by atoms with Crippen molar-refractivity contribution in [3.8, 4) is 0 Å². The molecule has 0 fully saturated rings. The van der Waals surface area contributed by atoms with Crippen molar-refractivity contribution in [2.45, 2.75) is 33.7 Å². The zero-order valence-electron chi connectivity index (χ0n) is 14.7. The number of benzene rings is 2. The molecule has 1 unspecified atom stereocenters. The van der Waals surface area contributed by atoms with E-state index in [1.807, 2.05) is 32.0 Å². The molecule has 0 saturated carbocycles. The lowest BCUT2D eigenvalue weighted by Crippen LogP contribution is -2.11. The number of fused-ring (bicyclic) bond motifs is 1. The Labute approximate surface area is 142 Å². The average Bonchev–Trinajstić information content (AvgIpc) is 2.87. The Balaban J connectivity index is 2.19. The third-order valence-electron chi connectivity index (χ3n) is 4.58. The fourth-order valence-electron chi connectivity index (χ4n) is 3.35. The van der Waals surface area contributed by atoms with Gasteiger partial charge in [-0.05, 0) is 39.3 Å². The molecular weight excluding hydrogens is 298 g/mol. The van der Waals surface area contributed by atoms with Crippen molar-refractivity contribution < 1.29 is 9.53 Å². The van der Waals surface area contributed by atoms with Gasteiger partial charge in [-0.1, -0.05) is 48.0 Å². The van der Waals surface area contributed by atoms with Crippen molar-refractivity contribution in [1.82, 2.24) is 4.57 Å². The summed E-state index contributed by atoms with van der Waals surface area (Å²) in [5.41, 5.74) is 5.15. The standard InChI is InChI=1S/C21H23NO2/c1-5-24-21(23)20-16(4)22(19-9-7-6-8-18(19)20)15(3)17-12-10-14(2)11-13-17/h6-13,15H,5H2,1-4H3. The largest absolute Gasteiger partial charge is 0.462 e. The lowest BCUT2D eigenvalue weighted by molar-refractivity contribution is 0.0527. The first-order chi connectivity index (χ1) is 11.5. The highest BCUT2D eigenvalue weighted by atomic mass is 16.5. The number of hydrogen-bond donors (Lipinski definition) is 0. The van der Waals surface area contributed by atoms with Crippen LogP contribution in [0.5, 0.6) is 0 Å². The average molecular weight is 321 g/mol. The summed E-state index contributed by atoms with van der Waals surface area (Å²) in [6, 6.07) is 16.7. The first-order valence-electron chi connectivity index (χ1n) is 8.37. The summed E-state index contributed by atoms with van der Waals surface area (Å²) in [6.07, 6.45) is 0. The maximum Gasteiger partial charge on any atom is 0.340 e. The number of aryl methyl sites for hydroxylation is 1. The van der Waals surface area contributed by atoms with Gasteiger partial charge in [-0.3, -0.25) is 0 Å². The van der Waals surface area contributed by atoms with Gasteiger partial charge in [-0.15, -0.1) is 0 Å². The minimum Gasteiger partial charge on any atom is -0.462 e. The Hall–Kier alpha value is -2.55. The van der Waals surface area contributed by atoms with E-state index >= 15 is 0 Å². The summed E-state index contributed by atoms with van der Waals surface area (Å²) in [6.45, 7) is 8.46. The summed E-state index contributed by atoms with van der Waals surface area (Å²) in [5, 5.41) is 0.951. The van der Waals surface area contributed by atoms with Crippen LogP contribution >= 0.6 is 0 Å². The molecule has 0 bridgehead atoms. The normalized spacial score (nSPS) is 12.3. The predicted octanol–water partition coefficient (Wildman–Crippen LogP) is 5.04. The molecule has 1 heterocycles. The Morgan fingerprint density at radius 1 is 1.08 bits per heavy atom. The van der Waals surface area contributed by atoms with Gasteiger partial charge in [0, 0.05) is 16.6 Å². The van der Waals surface area contributed by atoms with Crippen LogP contribution in [0, 0.1) is 13.8 Å². The van der Waals surface area contributed by atoms with Crippen LogP contribution in [0.3, 0.4) is 0 Å². The van der Waals surface area contributed by atoms with Crippen molar-refractivity contribution in [3.63, 3.8) is 0 Å². The minimum atomic E-state index is -0.249. The molecule has 0 radical (unpaired) electrons. The molecule has 1 aromatic heterocycles. The summed E-state index contributed by atoms with van der Waals surface area (Å²) >= 11 is 0. The van der Waals surface area contributed by atoms with E-state index < -0.39 is 0 Å². The number of para-hydroxylation sites is 1. The molecule has 0 aliphatic rings. The number of ether oxygens (including phenoxy) is 1. The summed E-state index contributed by atoms with van der Waals surface area (Å²) in [5.74, 6) is -0.249. The molecule has 0 aliphatic heterocycles. The van der Waals surface area contributed by atoms with Crippen LogP contribution in [0.25, 0.3) is 10.9 Å². The van der Waals surface area contributed by atoms with Gasteiger partial charge in [0.05, 0.1) is 18.2 Å². The van der Waals surface area contributed by atoms with E-state index in [1.54, 1.807) is 0 Å². The summed E-state index contributed by atoms with van der Waals surface area (Å²) in [7, 11) is 0. The highest BCUT2D eigenvalue weighted by Gasteiger charge is 2.23. The molecule has 2 aromatic carbocycles. The number of carbonyl (C=O) groups is 1. The van der Waals surface area contributed by atoms with Gasteiger partial charge in [0.1, 0.15) is 0 Å². The number of nitrogens with zero attached hydrogens (tertiary/aromatic N) is 1. The molecule has 1 atom stereocenters. The Kier molecular flexibility index (Phi) is 4.43. The highest BCUT2D eigenvalue weighted by molar-refractivity contribution is 6.06. The van der Waals surface area contributed by atoms with Gasteiger partial charge in [-0.25, -0.2) is 4.79 Å². The van der Waals surface area contributed by atoms with Gasteiger partial charge in [0.15, 0.2) is 0 Å². The maximum absolute atomic E-state index is 12.5. The monoisotopic (exact) mass is 321 g/mol. The zero-order valence-corrected chi connectivity index (χ0v) is 14.7. The molecule has 124 valence electrons. The first kappa shape index (κ1) is 16.3. The smallest absolute Gasteiger partial charge is 0.340 e. The van der Waals surface area contributed by atoms with Crippen LogP contribution in [0.2, 0.25) is 0 Å². The van der Waals surface area contributed by atoms with Crippen LogP contribution in [0.4, 0.5) is 0 Å². The van der Waals surface area contributed by atoms with Crippen LogP contribution in [-0.4, -0.2) is 17.1 Å². The van der Waals surface area contributed by atoms with Crippen LogP contribution in [-0.2, 0) is 4.74 Å². The maximum atomic E-state index is 12.5. The highest BCUT2D eigenvalue weighted by Crippen LogP contribution is 2.32. The van der Waals surface area contributed by atoms with E-state index in [0.29, 0.717) is 12.2 Å². The second-order valence-corrected chi connectivity index (χ2v) is 6.15. The molecule has 0 N–H and O–H groups in total. The molecular formula is C21H23NO2. The van der Waals surface area contributed by atoms with E-state index in [4.69, 9.17) is 4.74 Å². The van der Waals surface area contributed by atoms with E-state index in [2.05, 4.69) is 48.7 Å². The molecule has 0 aliphatic carbocycles. The van der Waals surface area contributed by atoms with Gasteiger partial charge < -0.3 is 9.30 Å². The molecule has 3 aromatic rings. The molecule has 3 rings (SSSR count). The van der Waals surface area contributed by atoms with Crippen molar-refractivity contribution in [1.29, 1.82) is 0 Å². The van der Waals surface area contributed by atoms with Gasteiger partial charge in [0.25, 0.3) is 0 Å². The van der Waals surface area contributed by atoms with Crippen LogP contribution in [0.15, 0.2) is 48.5 Å². The van der Waals surface area contributed by atoms with Crippen LogP contribution < -0.4 is 0 Å². The Morgan fingerprint density at radius 2 is 1.75 bits per heavy atom. The fourth-order valence-corrected chi connectivity index (χ4v) is 3.35. The molecule has 3 heteroatoms. The molecule has 24 heavy (non-hydrogen) atoms. The second kappa shape index (κ2) is 6.52. The summed E-state index contributed by atoms with van der Waals surface area (Å²) < 4.78 is 7.51. The van der Waals surface area contributed by atoms with Crippen molar-refractivity contribution >= 4 is 16.9 Å². The van der Waals surface area contributed by atoms with Gasteiger partial charge in [0.2, 0.25) is 0 Å². The van der Waals surface area contributed by atoms with Gasteiger partial charge >= 0.3 is 5.97 Å². The fraction of sp³-hybridized carbons (Fsp3) is 0.286. The first-order valence-corrected chi connectivity index (χ1v) is 8.37. The zero-order chi connectivity index (χ0) is 17.3. The summed E-state index contributed by atoms with van der Waals surface area (Å²) in [4.78, 5) is 12.5. The lowest BCUT2D eigenvalue weighted by atomic mass is 10.1. The van der Waals surface area contributed by atoms with E-state index in [9.17, 15) is 4.79 Å². The predicted molar refractivity (Wildman–Crippen MR) is 97.6 cm³/mol. The van der Waals surface area contributed by atoms with E-state index in [0.717, 1.165) is 16.6 Å². The van der Waals surface area contributed by atoms with Gasteiger partial charge in [-0.2, -0.15) is 0 Å². The molecule has 0 saturated heterocycles. The Bertz CT molecular complexity index is 875. The number of carbonyl (C=O) groups excluding carboxylic acids is 1. The lowest BCUT2D eigenvalue weighted by Gasteiger charge is -2.18. The topological polar surface area (TPSA) is 31.2 Å². The number of esters is 1. The molecule has 0 spiro atoms. The van der Waals surface area contributed by atoms with Crippen LogP contribution in [0.1, 0.15) is 47.1 Å². The minimum absolute atomic E-state index is 0.138. The number of aromatic nitrogens is 1. The number of rotatable bonds is 4. The second-order valence-electron chi connectivity index (χ2n) is 6.15. The number of hydrogen-bond acceptors (Lipinski definition) is 2. The van der Waals surface area contributed by atoms with E-state index in [1.165, 1.54) is 11.1 Å². The SMILES string of the molecule is CCOC(=O)c1c(C)n(C(C)c2ccc(C)cc2)c2ccccc12. The molecule has 3 nitrogen and oxygen atoms in total.